The summed E-state index contributed by atoms with van der Waals surface area (Å²) in [6, 6.07) is 8.45. The van der Waals surface area contributed by atoms with E-state index in [9.17, 15) is 9.59 Å². The minimum Gasteiger partial charge on any atom is -0.369 e. The molecule has 0 saturated carbocycles. The highest BCUT2D eigenvalue weighted by Gasteiger charge is 2.19. The maximum atomic E-state index is 12.4. The van der Waals surface area contributed by atoms with Crippen LogP contribution in [0, 0.1) is 0 Å². The van der Waals surface area contributed by atoms with E-state index in [1.807, 2.05) is 10.3 Å². The van der Waals surface area contributed by atoms with Crippen molar-refractivity contribution in [3.8, 4) is 10.6 Å². The number of nitrogens with zero attached hydrogens (tertiary/aromatic N) is 4. The highest BCUT2D eigenvalue weighted by Crippen LogP contribution is 2.26. The smallest absolute Gasteiger partial charge is 0.270 e. The van der Waals surface area contributed by atoms with Gasteiger partial charge in [-0.25, -0.2) is 4.98 Å². The minimum absolute atomic E-state index is 0.153. The van der Waals surface area contributed by atoms with Gasteiger partial charge in [0.25, 0.3) is 5.91 Å². The van der Waals surface area contributed by atoms with Gasteiger partial charge in [0.2, 0.25) is 5.91 Å². The summed E-state index contributed by atoms with van der Waals surface area (Å²) in [5, 5.41) is 5.58. The second-order valence-corrected chi connectivity index (χ2v) is 8.83. The number of carbonyl (C=O) groups excluding carboxylic acids is 2. The van der Waals surface area contributed by atoms with E-state index in [-0.39, 0.29) is 11.8 Å². The molecule has 4 rings (SSSR count). The summed E-state index contributed by atoms with van der Waals surface area (Å²) in [6.07, 6.45) is 2.37. The fraction of sp³-hybridized carbons (Fsp3) is 0.500. The van der Waals surface area contributed by atoms with Gasteiger partial charge in [-0.2, -0.15) is 0 Å². The molecule has 2 fully saturated rings. The molecule has 160 valence electrons. The summed E-state index contributed by atoms with van der Waals surface area (Å²) in [7, 11) is 2.16. The summed E-state index contributed by atoms with van der Waals surface area (Å²) in [6.45, 7) is 6.36. The predicted octanol–water partition coefficient (Wildman–Crippen LogP) is 2.30. The first-order valence-corrected chi connectivity index (χ1v) is 11.5. The third-order valence-corrected chi connectivity index (χ3v) is 6.67. The minimum atomic E-state index is -0.153. The van der Waals surface area contributed by atoms with Gasteiger partial charge in [-0.15, -0.1) is 11.3 Å². The third-order valence-electron chi connectivity index (χ3n) is 5.78. The van der Waals surface area contributed by atoms with Crippen LogP contribution in [-0.2, 0) is 4.79 Å². The molecule has 0 atom stereocenters. The van der Waals surface area contributed by atoms with Crippen LogP contribution in [0.25, 0.3) is 10.6 Å². The van der Waals surface area contributed by atoms with Crippen molar-refractivity contribution in [1.82, 2.24) is 20.1 Å². The first-order chi connectivity index (χ1) is 14.6. The van der Waals surface area contributed by atoms with Gasteiger partial charge in [-0.05, 0) is 44.2 Å². The molecule has 0 spiro atoms. The molecule has 2 aliphatic rings. The Morgan fingerprint density at radius 3 is 2.60 bits per heavy atom. The number of anilines is 1. The number of likely N-dealkylation sites (tertiary alicyclic amines) is 1. The number of aromatic nitrogens is 1. The van der Waals surface area contributed by atoms with Gasteiger partial charge in [0.05, 0.1) is 0 Å². The molecule has 0 radical (unpaired) electrons. The molecule has 3 heterocycles. The lowest BCUT2D eigenvalue weighted by atomic mass is 10.2. The first kappa shape index (κ1) is 20.8. The number of rotatable bonds is 7. The van der Waals surface area contributed by atoms with E-state index in [0.717, 1.165) is 56.1 Å². The molecule has 8 heteroatoms. The Hall–Kier alpha value is -2.45. The number of piperazine rings is 1. The van der Waals surface area contributed by atoms with Crippen molar-refractivity contribution in [2.75, 3.05) is 57.8 Å². The molecule has 0 bridgehead atoms. The van der Waals surface area contributed by atoms with Crippen LogP contribution in [0.5, 0.6) is 0 Å². The Kier molecular flexibility index (Phi) is 6.64. The predicted molar refractivity (Wildman–Crippen MR) is 120 cm³/mol. The molecule has 1 N–H and O–H groups in total. The van der Waals surface area contributed by atoms with Crippen LogP contribution >= 0.6 is 11.3 Å². The van der Waals surface area contributed by atoms with Crippen molar-refractivity contribution in [3.63, 3.8) is 0 Å². The van der Waals surface area contributed by atoms with E-state index in [4.69, 9.17) is 0 Å². The number of hydrogen-bond acceptors (Lipinski definition) is 6. The molecular weight excluding hydrogens is 398 g/mol. The van der Waals surface area contributed by atoms with Gasteiger partial charge in [-0.1, -0.05) is 0 Å². The zero-order valence-electron chi connectivity index (χ0n) is 17.5. The Labute approximate surface area is 181 Å². The number of carbonyl (C=O) groups is 2. The largest absolute Gasteiger partial charge is 0.369 e. The van der Waals surface area contributed by atoms with Crippen molar-refractivity contribution < 1.29 is 9.59 Å². The van der Waals surface area contributed by atoms with E-state index >= 15 is 0 Å². The third kappa shape index (κ3) is 4.99. The fourth-order valence-electron chi connectivity index (χ4n) is 3.89. The van der Waals surface area contributed by atoms with Gasteiger partial charge in [-0.3, -0.25) is 9.59 Å². The quantitative estimate of drug-likeness (QED) is 0.687. The number of thiazole rings is 1. The van der Waals surface area contributed by atoms with Gasteiger partial charge in [0.1, 0.15) is 10.7 Å². The summed E-state index contributed by atoms with van der Waals surface area (Å²) in [5.74, 6) is 0.0726. The Morgan fingerprint density at radius 2 is 1.90 bits per heavy atom. The zero-order chi connectivity index (χ0) is 20.9. The number of hydrogen-bond donors (Lipinski definition) is 1. The molecule has 2 saturated heterocycles. The van der Waals surface area contributed by atoms with E-state index in [2.05, 4.69) is 51.4 Å². The van der Waals surface area contributed by atoms with E-state index in [0.29, 0.717) is 25.2 Å². The number of likely N-dealkylation sites (N-methyl/N-ethyl adjacent to an activating group) is 1. The van der Waals surface area contributed by atoms with Crippen LogP contribution in [0.3, 0.4) is 0 Å². The lowest BCUT2D eigenvalue weighted by Gasteiger charge is -2.34. The second kappa shape index (κ2) is 9.57. The van der Waals surface area contributed by atoms with E-state index < -0.39 is 0 Å². The molecule has 30 heavy (non-hydrogen) atoms. The molecule has 0 unspecified atom stereocenters. The van der Waals surface area contributed by atoms with Crippen molar-refractivity contribution in [1.29, 1.82) is 0 Å². The second-order valence-electron chi connectivity index (χ2n) is 7.97. The molecule has 2 aromatic rings. The Morgan fingerprint density at radius 1 is 1.13 bits per heavy atom. The van der Waals surface area contributed by atoms with Crippen LogP contribution < -0.4 is 10.2 Å². The van der Waals surface area contributed by atoms with E-state index in [1.54, 1.807) is 0 Å². The van der Waals surface area contributed by atoms with Gasteiger partial charge in [0.15, 0.2) is 0 Å². The lowest BCUT2D eigenvalue weighted by molar-refractivity contribution is -0.127. The number of amides is 2. The maximum Gasteiger partial charge on any atom is 0.270 e. The van der Waals surface area contributed by atoms with Crippen molar-refractivity contribution in [2.45, 2.75) is 19.3 Å². The topological polar surface area (TPSA) is 68.8 Å². The molecule has 2 aliphatic heterocycles. The summed E-state index contributed by atoms with van der Waals surface area (Å²) in [4.78, 5) is 35.1. The van der Waals surface area contributed by atoms with Gasteiger partial charge >= 0.3 is 0 Å². The molecule has 0 aliphatic carbocycles. The van der Waals surface area contributed by atoms with Crippen molar-refractivity contribution >= 4 is 28.8 Å². The molecule has 7 nitrogen and oxygen atoms in total. The van der Waals surface area contributed by atoms with Crippen LogP contribution in [0.2, 0.25) is 0 Å². The van der Waals surface area contributed by atoms with Crippen LogP contribution in [0.4, 0.5) is 5.69 Å². The monoisotopic (exact) mass is 427 g/mol. The molecule has 1 aromatic heterocycles. The van der Waals surface area contributed by atoms with Crippen molar-refractivity contribution in [2.24, 2.45) is 0 Å². The van der Waals surface area contributed by atoms with Gasteiger partial charge < -0.3 is 20.0 Å². The van der Waals surface area contributed by atoms with Crippen LogP contribution in [0.15, 0.2) is 29.6 Å². The average molecular weight is 428 g/mol. The zero-order valence-corrected chi connectivity index (χ0v) is 18.3. The average Bonchev–Trinajstić information content (AvgIpc) is 3.41. The number of benzene rings is 1. The summed E-state index contributed by atoms with van der Waals surface area (Å²) >= 11 is 1.49. The lowest BCUT2D eigenvalue weighted by Crippen LogP contribution is -2.44. The van der Waals surface area contributed by atoms with Crippen LogP contribution in [0.1, 0.15) is 29.8 Å². The normalized spacial score (nSPS) is 17.6. The van der Waals surface area contributed by atoms with Crippen molar-refractivity contribution in [3.05, 3.63) is 35.3 Å². The Bertz CT molecular complexity index is 874. The molecular formula is C22H29N5O2S. The maximum absolute atomic E-state index is 12.4. The SMILES string of the molecule is CN1CCN(c2ccc(-c3nc(C(=O)NCCCN4CCCC4=O)cs3)cc2)CC1. The molecule has 2 amide bonds. The first-order valence-electron chi connectivity index (χ1n) is 10.7. The highest BCUT2D eigenvalue weighted by molar-refractivity contribution is 7.13. The molecule has 1 aromatic carbocycles. The van der Waals surface area contributed by atoms with E-state index in [1.165, 1.54) is 17.0 Å². The van der Waals surface area contributed by atoms with Gasteiger partial charge in [0, 0.05) is 68.9 Å². The summed E-state index contributed by atoms with van der Waals surface area (Å²) in [5.41, 5.74) is 2.72. The van der Waals surface area contributed by atoms with Crippen LogP contribution in [-0.4, -0.2) is 79.5 Å². The standard InChI is InChI=1S/C22H29N5O2S/c1-25-12-14-26(15-13-25)18-7-5-17(6-8-18)22-24-19(16-30-22)21(29)23-9-3-11-27-10-2-4-20(27)28/h5-8,16H,2-4,9-15H2,1H3,(H,23,29). The Balaban J connectivity index is 1.27. The summed E-state index contributed by atoms with van der Waals surface area (Å²) < 4.78 is 0. The fourth-order valence-corrected chi connectivity index (χ4v) is 4.70. The number of nitrogens with one attached hydrogen (secondary N) is 1. The highest BCUT2D eigenvalue weighted by atomic mass is 32.1.